The van der Waals surface area contributed by atoms with Crippen LogP contribution < -0.4 is 20.7 Å². The number of hydrogen-bond donors (Lipinski definition) is 2. The summed E-state index contributed by atoms with van der Waals surface area (Å²) < 4.78 is 42.3. The summed E-state index contributed by atoms with van der Waals surface area (Å²) in [6, 6.07) is 1.20. The van der Waals surface area contributed by atoms with Gasteiger partial charge in [0.05, 0.1) is 10.6 Å². The Labute approximate surface area is 162 Å². The Kier molecular flexibility index (Phi) is 6.08. The van der Waals surface area contributed by atoms with E-state index in [0.717, 1.165) is 12.8 Å². The zero-order chi connectivity index (χ0) is 20.3. The van der Waals surface area contributed by atoms with E-state index in [1.807, 2.05) is 4.90 Å². The minimum absolute atomic E-state index is 0.0956. The Morgan fingerprint density at radius 2 is 2.04 bits per heavy atom. The van der Waals surface area contributed by atoms with E-state index >= 15 is 0 Å². The first kappa shape index (κ1) is 20.4. The summed E-state index contributed by atoms with van der Waals surface area (Å²) in [6.07, 6.45) is -1.56. The predicted octanol–water partition coefficient (Wildman–Crippen LogP) is 1.92. The number of thioether (sulfide) groups is 1. The molecule has 152 valence electrons. The highest BCUT2D eigenvalue weighted by molar-refractivity contribution is 8.18. The summed E-state index contributed by atoms with van der Waals surface area (Å²) in [5.74, 6) is -0.259. The Hall–Kier alpha value is -2.34. The van der Waals surface area contributed by atoms with Gasteiger partial charge in [0, 0.05) is 19.2 Å². The molecule has 0 radical (unpaired) electrons. The van der Waals surface area contributed by atoms with E-state index < -0.39 is 23.9 Å². The van der Waals surface area contributed by atoms with Crippen molar-refractivity contribution in [1.82, 2.24) is 15.3 Å². The Morgan fingerprint density at radius 1 is 1.32 bits per heavy atom. The van der Waals surface area contributed by atoms with Crippen LogP contribution in [0.1, 0.15) is 18.5 Å². The van der Waals surface area contributed by atoms with Crippen molar-refractivity contribution >= 4 is 34.9 Å². The number of nitrogens with one attached hydrogen (secondary N) is 1. The quantitative estimate of drug-likeness (QED) is 0.699. The monoisotopic (exact) mass is 417 g/mol. The lowest BCUT2D eigenvalue weighted by atomic mass is 9.97. The zero-order valence-corrected chi connectivity index (χ0v) is 15.5. The molecule has 1 aromatic heterocycles. The fourth-order valence-corrected chi connectivity index (χ4v) is 3.47. The number of carbonyl (C=O) groups is 2. The summed E-state index contributed by atoms with van der Waals surface area (Å²) in [7, 11) is 0. The number of nitrogens with zero attached hydrogens (tertiary/aromatic N) is 3. The average molecular weight is 417 g/mol. The standard InChI is InChI=1S/C16H18F3N5O3S/c17-16(18,19)8-27-12-6-10(5-11-13(25)23-15(26)28-11)21-14(22-12)24-3-1-9(7-20)2-4-24/h5-6,9H,1-4,7-8,20H2,(H,23,25,26)/b11-5-. The molecule has 0 bridgehead atoms. The van der Waals surface area contributed by atoms with Gasteiger partial charge in [-0.1, -0.05) is 0 Å². The number of aromatic nitrogens is 2. The summed E-state index contributed by atoms with van der Waals surface area (Å²) in [5, 5.41) is 1.58. The van der Waals surface area contributed by atoms with Crippen LogP contribution in [0.2, 0.25) is 0 Å². The number of nitrogens with two attached hydrogens (primary N) is 1. The maximum absolute atomic E-state index is 12.5. The maximum Gasteiger partial charge on any atom is 0.422 e. The van der Waals surface area contributed by atoms with Crippen molar-refractivity contribution in [1.29, 1.82) is 0 Å². The molecule has 3 rings (SSSR count). The maximum atomic E-state index is 12.5. The number of hydrogen-bond acceptors (Lipinski definition) is 8. The van der Waals surface area contributed by atoms with Gasteiger partial charge >= 0.3 is 6.18 Å². The van der Waals surface area contributed by atoms with E-state index in [9.17, 15) is 22.8 Å². The van der Waals surface area contributed by atoms with Gasteiger partial charge in [-0.3, -0.25) is 14.9 Å². The SMILES string of the molecule is NCC1CCN(c2nc(/C=C3\SC(=O)NC3=O)cc(OCC(F)(F)F)n2)CC1. The van der Waals surface area contributed by atoms with Crippen molar-refractivity contribution in [2.45, 2.75) is 19.0 Å². The molecule has 2 aliphatic heterocycles. The van der Waals surface area contributed by atoms with Crippen molar-refractivity contribution in [3.63, 3.8) is 0 Å². The topological polar surface area (TPSA) is 110 Å². The van der Waals surface area contributed by atoms with Crippen molar-refractivity contribution < 1.29 is 27.5 Å². The second-order valence-corrected chi connectivity index (χ2v) is 7.37. The first-order valence-corrected chi connectivity index (χ1v) is 9.33. The van der Waals surface area contributed by atoms with Crippen LogP contribution >= 0.6 is 11.8 Å². The molecule has 0 aromatic carbocycles. The number of anilines is 1. The lowest BCUT2D eigenvalue weighted by Crippen LogP contribution is -2.37. The molecule has 2 amide bonds. The number of carbonyl (C=O) groups excluding carboxylic acids is 2. The van der Waals surface area contributed by atoms with Gasteiger partial charge in [0.25, 0.3) is 11.1 Å². The largest absolute Gasteiger partial charge is 0.468 e. The van der Waals surface area contributed by atoms with Gasteiger partial charge in [-0.25, -0.2) is 4.98 Å². The molecule has 2 aliphatic rings. The molecule has 2 saturated heterocycles. The summed E-state index contributed by atoms with van der Waals surface area (Å²) in [4.78, 5) is 33.3. The van der Waals surface area contributed by atoms with Crippen molar-refractivity contribution in [2.24, 2.45) is 11.7 Å². The van der Waals surface area contributed by atoms with Gasteiger partial charge in [-0.2, -0.15) is 18.2 Å². The van der Waals surface area contributed by atoms with Gasteiger partial charge in [-0.15, -0.1) is 0 Å². The molecule has 0 spiro atoms. The fraction of sp³-hybridized carbons (Fsp3) is 0.500. The van der Waals surface area contributed by atoms with Crippen LogP contribution in [0.3, 0.4) is 0 Å². The lowest BCUT2D eigenvalue weighted by molar-refractivity contribution is -0.154. The molecular weight excluding hydrogens is 399 g/mol. The van der Waals surface area contributed by atoms with Crippen LogP contribution in [-0.2, 0) is 4.79 Å². The van der Waals surface area contributed by atoms with Crippen LogP contribution in [0.4, 0.5) is 23.9 Å². The van der Waals surface area contributed by atoms with Gasteiger partial charge in [0.2, 0.25) is 11.8 Å². The summed E-state index contributed by atoms with van der Waals surface area (Å²) in [6.45, 7) is 0.284. The van der Waals surface area contributed by atoms with Crippen LogP contribution in [0.25, 0.3) is 6.08 Å². The number of amides is 2. The van der Waals surface area contributed by atoms with Gasteiger partial charge in [0.15, 0.2) is 6.61 Å². The highest BCUT2D eigenvalue weighted by atomic mass is 32.2. The molecule has 3 N–H and O–H groups in total. The second kappa shape index (κ2) is 8.35. The first-order valence-electron chi connectivity index (χ1n) is 8.52. The van der Waals surface area contributed by atoms with Crippen molar-refractivity contribution in [3.05, 3.63) is 16.7 Å². The molecule has 12 heteroatoms. The third-order valence-corrected chi connectivity index (χ3v) is 5.06. The van der Waals surface area contributed by atoms with Gasteiger partial charge in [0.1, 0.15) is 0 Å². The Bertz CT molecular complexity index is 794. The van der Waals surface area contributed by atoms with E-state index in [0.29, 0.717) is 37.3 Å². The smallest absolute Gasteiger partial charge is 0.422 e. The minimum atomic E-state index is -4.52. The highest BCUT2D eigenvalue weighted by Gasteiger charge is 2.30. The second-order valence-electron chi connectivity index (χ2n) is 6.35. The lowest BCUT2D eigenvalue weighted by Gasteiger charge is -2.31. The third-order valence-electron chi connectivity index (χ3n) is 4.25. The Balaban J connectivity index is 1.87. The number of imide groups is 1. The molecular formula is C16H18F3N5O3S. The molecule has 0 saturated carbocycles. The normalized spacial score (nSPS) is 20.0. The number of piperidine rings is 1. The molecule has 1 aromatic rings. The van der Waals surface area contributed by atoms with Crippen LogP contribution in [0.5, 0.6) is 5.88 Å². The van der Waals surface area contributed by atoms with E-state index in [1.165, 1.54) is 12.1 Å². The van der Waals surface area contributed by atoms with E-state index in [1.54, 1.807) is 0 Å². The number of rotatable bonds is 5. The molecule has 0 atom stereocenters. The minimum Gasteiger partial charge on any atom is -0.468 e. The average Bonchev–Trinajstić information content (AvgIpc) is 2.96. The highest BCUT2D eigenvalue weighted by Crippen LogP contribution is 2.28. The molecule has 8 nitrogen and oxygen atoms in total. The zero-order valence-electron chi connectivity index (χ0n) is 14.7. The van der Waals surface area contributed by atoms with Crippen molar-refractivity contribution in [3.8, 4) is 5.88 Å². The molecule has 2 fully saturated rings. The fourth-order valence-electron chi connectivity index (χ4n) is 2.80. The summed E-state index contributed by atoms with van der Waals surface area (Å²) in [5.41, 5.74) is 5.86. The molecule has 0 unspecified atom stereocenters. The first-order chi connectivity index (χ1) is 13.2. The van der Waals surface area contributed by atoms with Crippen LogP contribution in [-0.4, -0.2) is 53.5 Å². The Morgan fingerprint density at radius 3 is 2.61 bits per heavy atom. The molecule has 0 aliphatic carbocycles. The number of alkyl halides is 3. The van der Waals surface area contributed by atoms with Crippen molar-refractivity contribution in [2.75, 3.05) is 31.1 Å². The summed E-state index contributed by atoms with van der Waals surface area (Å²) >= 11 is 0.689. The molecule has 3 heterocycles. The van der Waals surface area contributed by atoms with Crippen LogP contribution in [0, 0.1) is 5.92 Å². The number of halogens is 3. The van der Waals surface area contributed by atoms with E-state index in [4.69, 9.17) is 10.5 Å². The van der Waals surface area contributed by atoms with Crippen LogP contribution in [0.15, 0.2) is 11.0 Å². The van der Waals surface area contributed by atoms with E-state index in [-0.39, 0.29) is 22.4 Å². The van der Waals surface area contributed by atoms with Gasteiger partial charge in [-0.05, 0) is 43.1 Å². The molecule has 28 heavy (non-hydrogen) atoms. The number of ether oxygens (including phenoxy) is 1. The third kappa shape index (κ3) is 5.35. The predicted molar refractivity (Wildman–Crippen MR) is 96.7 cm³/mol. The van der Waals surface area contributed by atoms with E-state index in [2.05, 4.69) is 15.3 Å². The van der Waals surface area contributed by atoms with Gasteiger partial charge < -0.3 is 15.4 Å².